The predicted octanol–water partition coefficient (Wildman–Crippen LogP) is 18.3. The van der Waals surface area contributed by atoms with Gasteiger partial charge in [-0.15, -0.1) is 0 Å². The lowest BCUT2D eigenvalue weighted by Gasteiger charge is -2.29. The summed E-state index contributed by atoms with van der Waals surface area (Å²) in [5.74, 6) is -0.192. The highest BCUT2D eigenvalue weighted by Gasteiger charge is 2.23. The van der Waals surface area contributed by atoms with E-state index in [1.165, 1.54) is 238 Å². The molecule has 9 heteroatoms. The molecule has 0 aromatic rings. The van der Waals surface area contributed by atoms with Gasteiger partial charge >= 0.3 is 0 Å². The molecule has 0 aliphatic rings. The number of hydrogen-bond donors (Lipinski definition) is 2. The SMILES string of the molecule is CCCCCCC/C=C\C/C=C\CCCCCCCCCCCCCCCCCCCCCCCC(=O)NC(COP(=O)([O-])OCC[N+](C)(C)C)C(O)/C=C/CCCCCCCCCCCCCCCC. The van der Waals surface area contributed by atoms with Gasteiger partial charge in [-0.2, -0.15) is 0 Å². The molecule has 0 aromatic carbocycles. The molecule has 8 nitrogen and oxygen atoms in total. The van der Waals surface area contributed by atoms with E-state index in [9.17, 15) is 19.4 Å². The second-order valence-electron chi connectivity index (χ2n) is 22.4. The molecule has 1 amide bonds. The third-order valence-corrected chi connectivity index (χ3v) is 15.1. The zero-order valence-electron chi connectivity index (χ0n) is 47.9. The average molecular weight is 1020 g/mol. The van der Waals surface area contributed by atoms with Crippen LogP contribution in [0.4, 0.5) is 0 Å². The molecule has 420 valence electrons. The van der Waals surface area contributed by atoms with Crippen LogP contribution in [0.3, 0.4) is 0 Å². The van der Waals surface area contributed by atoms with Crippen LogP contribution in [0.1, 0.15) is 303 Å². The van der Waals surface area contributed by atoms with Gasteiger partial charge in [0.05, 0.1) is 39.9 Å². The quantitative estimate of drug-likeness (QED) is 0.0272. The number of carbonyl (C=O) groups is 1. The molecule has 0 saturated heterocycles. The van der Waals surface area contributed by atoms with Crippen LogP contribution in [-0.2, 0) is 18.4 Å². The predicted molar refractivity (Wildman–Crippen MR) is 307 cm³/mol. The Morgan fingerprint density at radius 1 is 0.493 bits per heavy atom. The monoisotopic (exact) mass is 1020 g/mol. The minimum atomic E-state index is -4.59. The van der Waals surface area contributed by atoms with Crippen molar-refractivity contribution in [1.29, 1.82) is 0 Å². The van der Waals surface area contributed by atoms with E-state index in [-0.39, 0.29) is 19.1 Å². The highest BCUT2D eigenvalue weighted by atomic mass is 31.2. The van der Waals surface area contributed by atoms with Crippen molar-refractivity contribution in [2.45, 2.75) is 315 Å². The fourth-order valence-electron chi connectivity index (χ4n) is 9.25. The summed E-state index contributed by atoms with van der Waals surface area (Å²) in [6.45, 7) is 4.67. The van der Waals surface area contributed by atoms with Gasteiger partial charge in [-0.25, -0.2) is 0 Å². The maximum Gasteiger partial charge on any atom is 0.268 e. The molecule has 0 heterocycles. The lowest BCUT2D eigenvalue weighted by molar-refractivity contribution is -0.870. The molecule has 0 aliphatic carbocycles. The zero-order valence-corrected chi connectivity index (χ0v) is 48.8. The standard InChI is InChI=1S/C62H121N2O6P/c1-6-8-10-12-14-16-18-20-22-24-25-26-27-28-29-30-31-32-33-34-35-36-37-38-39-40-42-44-46-48-50-52-54-56-62(66)63-60(59-70-71(67,68)69-58-57-64(3,4)5)61(65)55-53-51-49-47-45-43-41-23-21-19-17-15-13-11-9-7-2/h18,20,24-25,53,55,60-61,65H,6-17,19,21-23,26-52,54,56-59H2,1-5H3,(H-,63,66,67,68)/b20-18-,25-24-,55-53+. The number of phosphoric acid groups is 1. The van der Waals surface area contributed by atoms with Crippen molar-refractivity contribution < 1.29 is 32.9 Å². The number of nitrogens with one attached hydrogen (secondary N) is 1. The summed E-state index contributed by atoms with van der Waals surface area (Å²) < 4.78 is 23.4. The Kier molecular flexibility index (Phi) is 52.6. The number of aliphatic hydroxyl groups excluding tert-OH is 1. The normalized spacial score (nSPS) is 14.1. The van der Waals surface area contributed by atoms with Crippen LogP contribution < -0.4 is 10.2 Å². The molecule has 0 spiro atoms. The van der Waals surface area contributed by atoms with E-state index in [4.69, 9.17) is 9.05 Å². The molecule has 0 saturated carbocycles. The molecule has 0 radical (unpaired) electrons. The Morgan fingerprint density at radius 2 is 0.817 bits per heavy atom. The molecule has 0 aromatic heterocycles. The number of carbonyl (C=O) groups excluding carboxylic acids is 1. The van der Waals surface area contributed by atoms with Gasteiger partial charge in [-0.05, 0) is 51.4 Å². The number of nitrogens with zero attached hydrogens (tertiary/aromatic N) is 1. The molecular weight excluding hydrogens is 900 g/mol. The van der Waals surface area contributed by atoms with Crippen molar-refractivity contribution in [2.75, 3.05) is 40.9 Å². The van der Waals surface area contributed by atoms with Crippen molar-refractivity contribution in [1.82, 2.24) is 5.32 Å². The van der Waals surface area contributed by atoms with Crippen LogP contribution in [0.5, 0.6) is 0 Å². The van der Waals surface area contributed by atoms with Crippen molar-refractivity contribution in [2.24, 2.45) is 0 Å². The summed E-state index contributed by atoms with van der Waals surface area (Å²) >= 11 is 0. The molecular formula is C62H121N2O6P. The van der Waals surface area contributed by atoms with E-state index in [1.54, 1.807) is 6.08 Å². The maximum absolute atomic E-state index is 13.0. The number of rotatable bonds is 57. The number of phosphoric ester groups is 1. The van der Waals surface area contributed by atoms with Gasteiger partial charge in [0.1, 0.15) is 13.2 Å². The molecule has 0 rings (SSSR count). The number of allylic oxidation sites excluding steroid dienone is 5. The largest absolute Gasteiger partial charge is 0.756 e. The average Bonchev–Trinajstić information content (AvgIpc) is 3.33. The summed E-state index contributed by atoms with van der Waals surface area (Å²) in [7, 11) is 1.27. The minimum Gasteiger partial charge on any atom is -0.756 e. The van der Waals surface area contributed by atoms with Crippen LogP contribution in [0, 0.1) is 0 Å². The van der Waals surface area contributed by atoms with Gasteiger partial charge in [0, 0.05) is 6.42 Å². The lowest BCUT2D eigenvalue weighted by Crippen LogP contribution is -2.45. The number of quaternary nitrogens is 1. The van der Waals surface area contributed by atoms with Crippen LogP contribution in [0.15, 0.2) is 36.5 Å². The van der Waals surface area contributed by atoms with E-state index in [0.717, 1.165) is 44.9 Å². The lowest BCUT2D eigenvalue weighted by atomic mass is 10.0. The molecule has 3 atom stereocenters. The fraction of sp³-hybridized carbons (Fsp3) is 0.887. The van der Waals surface area contributed by atoms with Gasteiger partial charge in [0.15, 0.2) is 0 Å². The van der Waals surface area contributed by atoms with E-state index in [0.29, 0.717) is 17.4 Å². The topological polar surface area (TPSA) is 108 Å². The van der Waals surface area contributed by atoms with Crippen LogP contribution in [-0.4, -0.2) is 68.5 Å². The molecule has 2 N–H and O–H groups in total. The summed E-state index contributed by atoms with van der Waals surface area (Å²) in [4.78, 5) is 25.5. The van der Waals surface area contributed by atoms with E-state index >= 15 is 0 Å². The van der Waals surface area contributed by atoms with Crippen molar-refractivity contribution >= 4 is 13.7 Å². The molecule has 3 unspecified atom stereocenters. The first-order valence-corrected chi connectivity index (χ1v) is 32.3. The third-order valence-electron chi connectivity index (χ3n) is 14.1. The van der Waals surface area contributed by atoms with E-state index in [2.05, 4.69) is 43.5 Å². The van der Waals surface area contributed by atoms with Gasteiger partial charge in [0.25, 0.3) is 7.82 Å². The van der Waals surface area contributed by atoms with Crippen molar-refractivity contribution in [3.05, 3.63) is 36.5 Å². The number of hydrogen-bond acceptors (Lipinski definition) is 6. The van der Waals surface area contributed by atoms with Crippen molar-refractivity contribution in [3.8, 4) is 0 Å². The number of amides is 1. The molecule has 0 fully saturated rings. The number of aliphatic hydroxyl groups is 1. The van der Waals surface area contributed by atoms with Crippen LogP contribution >= 0.6 is 7.82 Å². The number of likely N-dealkylation sites (N-methyl/N-ethyl adjacent to an activating group) is 1. The van der Waals surface area contributed by atoms with Crippen molar-refractivity contribution in [3.63, 3.8) is 0 Å². The van der Waals surface area contributed by atoms with Gasteiger partial charge in [0.2, 0.25) is 5.91 Å². The Hall–Kier alpha value is -1.28. The Morgan fingerprint density at radius 3 is 1.17 bits per heavy atom. The van der Waals surface area contributed by atoms with Crippen LogP contribution in [0.2, 0.25) is 0 Å². The van der Waals surface area contributed by atoms with E-state index < -0.39 is 20.0 Å². The summed E-state index contributed by atoms with van der Waals surface area (Å²) in [6, 6.07) is -0.884. The molecule has 0 bridgehead atoms. The number of unbranched alkanes of at least 4 members (excludes halogenated alkanes) is 40. The first kappa shape index (κ1) is 69.7. The highest BCUT2D eigenvalue weighted by molar-refractivity contribution is 7.45. The first-order valence-electron chi connectivity index (χ1n) is 30.9. The Labute approximate surface area is 442 Å². The second kappa shape index (κ2) is 53.5. The van der Waals surface area contributed by atoms with E-state index in [1.807, 2.05) is 27.2 Å². The summed E-state index contributed by atoms with van der Waals surface area (Å²) in [5.41, 5.74) is 0. The molecule has 0 aliphatic heterocycles. The van der Waals surface area contributed by atoms with Gasteiger partial charge in [-0.1, -0.05) is 281 Å². The fourth-order valence-corrected chi connectivity index (χ4v) is 9.97. The summed E-state index contributed by atoms with van der Waals surface area (Å²) in [6.07, 6.45) is 69.5. The Balaban J connectivity index is 4.01. The zero-order chi connectivity index (χ0) is 52.0. The van der Waals surface area contributed by atoms with Gasteiger partial charge < -0.3 is 28.8 Å². The smallest absolute Gasteiger partial charge is 0.268 e. The minimum absolute atomic E-state index is 0.000918. The van der Waals surface area contributed by atoms with Crippen LogP contribution in [0.25, 0.3) is 0 Å². The highest BCUT2D eigenvalue weighted by Crippen LogP contribution is 2.38. The second-order valence-corrected chi connectivity index (χ2v) is 23.8. The summed E-state index contributed by atoms with van der Waals surface area (Å²) in [5, 5.41) is 13.9. The first-order chi connectivity index (χ1) is 34.5. The van der Waals surface area contributed by atoms with Gasteiger partial charge in [-0.3, -0.25) is 9.36 Å². The molecule has 71 heavy (non-hydrogen) atoms. The third kappa shape index (κ3) is 56.3. The maximum atomic E-state index is 13.0. The Bertz CT molecular complexity index is 1250.